The van der Waals surface area contributed by atoms with Crippen LogP contribution in [0.5, 0.6) is 0 Å². The number of aromatic nitrogens is 2. The molecule has 1 fully saturated rings. The van der Waals surface area contributed by atoms with Gasteiger partial charge < -0.3 is 10.4 Å². The van der Waals surface area contributed by atoms with Gasteiger partial charge in [0.25, 0.3) is 0 Å². The summed E-state index contributed by atoms with van der Waals surface area (Å²) < 4.78 is 39.0. The van der Waals surface area contributed by atoms with Crippen LogP contribution in [0.25, 0.3) is 5.69 Å². The van der Waals surface area contributed by atoms with E-state index < -0.39 is 17.8 Å². The molecule has 1 heterocycles. The first-order valence-electron chi connectivity index (χ1n) is 8.97. The van der Waals surface area contributed by atoms with E-state index in [4.69, 9.17) is 5.11 Å². The van der Waals surface area contributed by atoms with E-state index in [0.29, 0.717) is 37.9 Å². The Morgan fingerprint density at radius 2 is 1.68 bits per heavy atom. The van der Waals surface area contributed by atoms with E-state index in [0.717, 1.165) is 16.3 Å². The molecule has 1 aromatic carbocycles. The van der Waals surface area contributed by atoms with Crippen LogP contribution in [0.4, 0.5) is 13.2 Å². The second-order valence-electron chi connectivity index (χ2n) is 6.91. The number of carbonyl (C=O) groups excluding carboxylic acids is 1. The van der Waals surface area contributed by atoms with Crippen molar-refractivity contribution in [3.8, 4) is 5.69 Å². The molecule has 0 saturated heterocycles. The molecule has 9 heteroatoms. The number of carboxylic acid groups (broad SMARTS) is 1. The summed E-state index contributed by atoms with van der Waals surface area (Å²) >= 11 is 0. The van der Waals surface area contributed by atoms with Crippen LogP contribution in [-0.4, -0.2) is 26.8 Å². The zero-order valence-electron chi connectivity index (χ0n) is 14.9. The second-order valence-corrected chi connectivity index (χ2v) is 6.91. The number of benzene rings is 1. The number of amides is 1. The number of aliphatic carboxylic acids is 1. The molecule has 0 unspecified atom stereocenters. The van der Waals surface area contributed by atoms with Crippen molar-refractivity contribution in [1.82, 2.24) is 15.1 Å². The lowest BCUT2D eigenvalue weighted by Crippen LogP contribution is -2.34. The van der Waals surface area contributed by atoms with Crippen molar-refractivity contribution in [1.29, 1.82) is 0 Å². The number of carbonyl (C=O) groups is 2. The lowest BCUT2D eigenvalue weighted by molar-refractivity contribution is -0.144. The largest absolute Gasteiger partial charge is 0.481 e. The van der Waals surface area contributed by atoms with Gasteiger partial charge >= 0.3 is 12.1 Å². The van der Waals surface area contributed by atoms with Crippen molar-refractivity contribution in [2.24, 2.45) is 11.8 Å². The van der Waals surface area contributed by atoms with E-state index in [1.807, 2.05) is 0 Å². The summed E-state index contributed by atoms with van der Waals surface area (Å²) in [7, 11) is 0. The Morgan fingerprint density at radius 1 is 1.07 bits per heavy atom. The Labute approximate surface area is 159 Å². The molecule has 150 valence electrons. The molecule has 1 aromatic heterocycles. The third-order valence-electron chi connectivity index (χ3n) is 4.99. The van der Waals surface area contributed by atoms with Crippen LogP contribution in [0, 0.1) is 11.8 Å². The van der Waals surface area contributed by atoms with Crippen LogP contribution < -0.4 is 5.32 Å². The minimum absolute atomic E-state index is 0.102. The molecule has 6 nitrogen and oxygen atoms in total. The van der Waals surface area contributed by atoms with Crippen molar-refractivity contribution >= 4 is 11.9 Å². The van der Waals surface area contributed by atoms with Gasteiger partial charge in [0, 0.05) is 18.7 Å². The highest BCUT2D eigenvalue weighted by Gasteiger charge is 2.33. The predicted molar refractivity (Wildman–Crippen MR) is 93.5 cm³/mol. The number of hydrogen-bond donors (Lipinski definition) is 2. The third kappa shape index (κ3) is 4.71. The molecule has 0 radical (unpaired) electrons. The van der Waals surface area contributed by atoms with Crippen LogP contribution in [0.3, 0.4) is 0 Å². The maximum atomic E-state index is 12.6. The molecule has 28 heavy (non-hydrogen) atoms. The van der Waals surface area contributed by atoms with Crippen LogP contribution in [0.1, 0.15) is 36.9 Å². The molecule has 1 amide bonds. The Morgan fingerprint density at radius 3 is 2.21 bits per heavy atom. The summed E-state index contributed by atoms with van der Waals surface area (Å²) in [5.41, 5.74) is 0.332. The standard InChI is InChI=1S/C19H20F3N3O3/c20-19(21,22)16-9-10-25(24-16)15-7-1-12(2-8-15)11-23-17(26)13-3-5-14(6-4-13)18(27)28/h1-2,7-10,13-14H,3-6,11H2,(H,23,26)(H,27,28). The molecular formula is C19H20F3N3O3. The van der Waals surface area contributed by atoms with E-state index in [9.17, 15) is 22.8 Å². The SMILES string of the molecule is O=C(O)C1CCC(C(=O)NCc2ccc(-n3ccc(C(F)(F)F)n3)cc2)CC1. The maximum absolute atomic E-state index is 12.6. The smallest absolute Gasteiger partial charge is 0.435 e. The molecule has 1 aliphatic carbocycles. The Hall–Kier alpha value is -2.84. The molecular weight excluding hydrogens is 375 g/mol. The first kappa shape index (κ1) is 19.9. The summed E-state index contributed by atoms with van der Waals surface area (Å²) in [6, 6.07) is 7.60. The molecule has 0 bridgehead atoms. The fourth-order valence-corrected chi connectivity index (χ4v) is 3.32. The van der Waals surface area contributed by atoms with Crippen LogP contribution in [-0.2, 0) is 22.3 Å². The van der Waals surface area contributed by atoms with Gasteiger partial charge in [0.2, 0.25) is 5.91 Å². The maximum Gasteiger partial charge on any atom is 0.435 e. The average Bonchev–Trinajstić information content (AvgIpc) is 3.17. The fourth-order valence-electron chi connectivity index (χ4n) is 3.32. The average molecular weight is 395 g/mol. The quantitative estimate of drug-likeness (QED) is 0.813. The normalized spacial score (nSPS) is 20.0. The van der Waals surface area contributed by atoms with E-state index in [2.05, 4.69) is 10.4 Å². The minimum atomic E-state index is -4.49. The van der Waals surface area contributed by atoms with Crippen LogP contribution >= 0.6 is 0 Å². The lowest BCUT2D eigenvalue weighted by atomic mass is 9.81. The molecule has 1 aliphatic rings. The molecule has 0 spiro atoms. The van der Waals surface area contributed by atoms with E-state index >= 15 is 0 Å². The second kappa shape index (κ2) is 8.04. The number of rotatable bonds is 5. The fraction of sp³-hybridized carbons (Fsp3) is 0.421. The molecule has 2 N–H and O–H groups in total. The molecule has 0 atom stereocenters. The Kier molecular flexibility index (Phi) is 5.71. The number of carboxylic acids is 1. The number of nitrogens with one attached hydrogen (secondary N) is 1. The molecule has 2 aromatic rings. The minimum Gasteiger partial charge on any atom is -0.481 e. The lowest BCUT2D eigenvalue weighted by Gasteiger charge is -2.25. The Balaban J connectivity index is 1.53. The zero-order chi connectivity index (χ0) is 20.3. The predicted octanol–water partition coefficient (Wildman–Crippen LogP) is 3.40. The van der Waals surface area contributed by atoms with Gasteiger partial charge in [-0.25, -0.2) is 4.68 Å². The Bertz CT molecular complexity index is 838. The van der Waals surface area contributed by atoms with Crippen molar-refractivity contribution in [3.63, 3.8) is 0 Å². The topological polar surface area (TPSA) is 84.2 Å². The summed E-state index contributed by atoms with van der Waals surface area (Å²) in [5, 5.41) is 15.4. The van der Waals surface area contributed by atoms with E-state index in [1.165, 1.54) is 6.20 Å². The highest BCUT2D eigenvalue weighted by Crippen LogP contribution is 2.29. The summed E-state index contributed by atoms with van der Waals surface area (Å²) in [4.78, 5) is 23.2. The van der Waals surface area contributed by atoms with Crippen molar-refractivity contribution < 1.29 is 27.9 Å². The van der Waals surface area contributed by atoms with E-state index in [1.54, 1.807) is 24.3 Å². The monoisotopic (exact) mass is 395 g/mol. The number of hydrogen-bond acceptors (Lipinski definition) is 3. The van der Waals surface area contributed by atoms with Gasteiger partial charge in [0.15, 0.2) is 5.69 Å². The summed E-state index contributed by atoms with van der Waals surface area (Å²) in [6.07, 6.45) is -1.12. The summed E-state index contributed by atoms with van der Waals surface area (Å²) in [6.45, 7) is 0.297. The van der Waals surface area contributed by atoms with Crippen molar-refractivity contribution in [2.75, 3.05) is 0 Å². The van der Waals surface area contributed by atoms with Gasteiger partial charge in [-0.05, 0) is 49.4 Å². The number of alkyl halides is 3. The number of nitrogens with zero attached hydrogens (tertiary/aromatic N) is 2. The van der Waals surface area contributed by atoms with Crippen LogP contribution in [0.2, 0.25) is 0 Å². The van der Waals surface area contributed by atoms with Crippen molar-refractivity contribution in [3.05, 3.63) is 47.8 Å². The third-order valence-corrected chi connectivity index (χ3v) is 4.99. The molecule has 0 aliphatic heterocycles. The van der Waals surface area contributed by atoms with Gasteiger partial charge in [-0.15, -0.1) is 0 Å². The highest BCUT2D eigenvalue weighted by molar-refractivity contribution is 5.79. The van der Waals surface area contributed by atoms with Crippen molar-refractivity contribution in [2.45, 2.75) is 38.4 Å². The number of halogens is 3. The van der Waals surface area contributed by atoms with Crippen LogP contribution in [0.15, 0.2) is 36.5 Å². The summed E-state index contributed by atoms with van der Waals surface area (Å²) in [5.74, 6) is -1.45. The van der Waals surface area contributed by atoms with Gasteiger partial charge in [0.05, 0.1) is 11.6 Å². The molecule has 1 saturated carbocycles. The van der Waals surface area contributed by atoms with Gasteiger partial charge in [-0.3, -0.25) is 9.59 Å². The van der Waals surface area contributed by atoms with Gasteiger partial charge in [0.1, 0.15) is 0 Å². The zero-order valence-corrected chi connectivity index (χ0v) is 14.9. The highest BCUT2D eigenvalue weighted by atomic mass is 19.4. The molecule has 3 rings (SSSR count). The first-order chi connectivity index (χ1) is 13.2. The first-order valence-corrected chi connectivity index (χ1v) is 8.97. The van der Waals surface area contributed by atoms with Gasteiger partial charge in [-0.2, -0.15) is 18.3 Å². The van der Waals surface area contributed by atoms with Gasteiger partial charge in [-0.1, -0.05) is 12.1 Å². The van der Waals surface area contributed by atoms with E-state index in [-0.39, 0.29) is 17.7 Å².